The van der Waals surface area contributed by atoms with E-state index >= 15 is 0 Å². The predicted octanol–water partition coefficient (Wildman–Crippen LogP) is 3.37. The molecule has 1 aromatic rings. The van der Waals surface area contributed by atoms with E-state index in [1.807, 2.05) is 6.92 Å². The van der Waals surface area contributed by atoms with E-state index in [1.54, 1.807) is 0 Å². The van der Waals surface area contributed by atoms with E-state index in [0.29, 0.717) is 5.92 Å². The van der Waals surface area contributed by atoms with Gasteiger partial charge in [-0.1, -0.05) is 25.0 Å². The molecule has 2 aliphatic rings. The molecule has 0 amide bonds. The molecule has 0 bridgehead atoms. The van der Waals surface area contributed by atoms with Crippen LogP contribution >= 0.6 is 0 Å². The minimum absolute atomic E-state index is 0.0902. The van der Waals surface area contributed by atoms with E-state index in [4.69, 9.17) is 4.74 Å². The summed E-state index contributed by atoms with van der Waals surface area (Å²) in [6, 6.07) is 6.32. The van der Waals surface area contributed by atoms with Crippen LogP contribution < -0.4 is 4.74 Å². The van der Waals surface area contributed by atoms with Crippen molar-refractivity contribution >= 4 is 5.97 Å². The summed E-state index contributed by atoms with van der Waals surface area (Å²) in [4.78, 5) is 11.4. The van der Waals surface area contributed by atoms with Crippen molar-refractivity contribution < 1.29 is 9.53 Å². The van der Waals surface area contributed by atoms with Crippen LogP contribution in [-0.2, 0) is 4.79 Å². The highest BCUT2D eigenvalue weighted by Gasteiger charge is 2.30. The Kier molecular flexibility index (Phi) is 2.23. The Morgan fingerprint density at radius 3 is 2.75 bits per heavy atom. The predicted molar refractivity (Wildman–Crippen MR) is 61.7 cm³/mol. The van der Waals surface area contributed by atoms with Gasteiger partial charge in [0.05, 0.1) is 5.92 Å². The van der Waals surface area contributed by atoms with E-state index in [1.165, 1.54) is 31.2 Å². The monoisotopic (exact) mass is 216 g/mol. The van der Waals surface area contributed by atoms with Crippen LogP contribution in [0.25, 0.3) is 0 Å². The largest absolute Gasteiger partial charge is 0.426 e. The van der Waals surface area contributed by atoms with Gasteiger partial charge in [-0.2, -0.15) is 0 Å². The van der Waals surface area contributed by atoms with E-state index in [9.17, 15) is 4.79 Å². The lowest BCUT2D eigenvalue weighted by Crippen LogP contribution is -2.05. The number of benzene rings is 1. The van der Waals surface area contributed by atoms with Gasteiger partial charge in [-0.05, 0) is 37.3 Å². The van der Waals surface area contributed by atoms with E-state index in [2.05, 4.69) is 18.2 Å². The van der Waals surface area contributed by atoms with Crippen LogP contribution in [0.15, 0.2) is 18.2 Å². The SMILES string of the molecule is CC1C(=O)Oc2cc(C3CCCC3)ccc21. The Bertz CT molecular complexity index is 430. The number of carbonyl (C=O) groups excluding carboxylic acids is 1. The van der Waals surface area contributed by atoms with Crippen molar-refractivity contribution in [3.63, 3.8) is 0 Å². The lowest BCUT2D eigenvalue weighted by atomic mass is 9.94. The molecule has 1 atom stereocenters. The molecule has 84 valence electrons. The lowest BCUT2D eigenvalue weighted by Gasteiger charge is -2.10. The third-order valence-corrected chi connectivity index (χ3v) is 3.89. The van der Waals surface area contributed by atoms with Crippen molar-refractivity contribution in [3.05, 3.63) is 29.3 Å². The quantitative estimate of drug-likeness (QED) is 0.531. The summed E-state index contributed by atoms with van der Waals surface area (Å²) in [5.74, 6) is 1.27. The third kappa shape index (κ3) is 1.44. The van der Waals surface area contributed by atoms with E-state index < -0.39 is 0 Å². The normalized spacial score (nSPS) is 24.6. The van der Waals surface area contributed by atoms with Crippen LogP contribution in [-0.4, -0.2) is 5.97 Å². The summed E-state index contributed by atoms with van der Waals surface area (Å²) in [5.41, 5.74) is 2.39. The molecule has 2 nitrogen and oxygen atoms in total. The number of ether oxygens (including phenoxy) is 1. The van der Waals surface area contributed by atoms with E-state index in [0.717, 1.165) is 11.3 Å². The molecular formula is C14H16O2. The first-order chi connectivity index (χ1) is 7.75. The summed E-state index contributed by atoms with van der Waals surface area (Å²) >= 11 is 0. The van der Waals surface area contributed by atoms with Gasteiger partial charge in [-0.25, -0.2) is 0 Å². The highest BCUT2D eigenvalue weighted by Crippen LogP contribution is 2.40. The van der Waals surface area contributed by atoms with Crippen molar-refractivity contribution in [3.8, 4) is 5.75 Å². The maximum Gasteiger partial charge on any atom is 0.318 e. The summed E-state index contributed by atoms with van der Waals surface area (Å²) in [6.07, 6.45) is 5.22. The molecule has 1 unspecified atom stereocenters. The Labute approximate surface area is 95.6 Å². The fourth-order valence-corrected chi connectivity index (χ4v) is 2.83. The number of hydrogen-bond acceptors (Lipinski definition) is 2. The molecule has 1 aliphatic carbocycles. The molecule has 1 aromatic carbocycles. The second-order valence-electron chi connectivity index (χ2n) is 4.92. The smallest absolute Gasteiger partial charge is 0.318 e. The van der Waals surface area contributed by atoms with Gasteiger partial charge in [-0.15, -0.1) is 0 Å². The number of carbonyl (C=O) groups is 1. The first kappa shape index (κ1) is 9.88. The maximum absolute atomic E-state index is 11.4. The van der Waals surface area contributed by atoms with Gasteiger partial charge in [0.15, 0.2) is 0 Å². The van der Waals surface area contributed by atoms with Crippen molar-refractivity contribution in [1.82, 2.24) is 0 Å². The fraction of sp³-hybridized carbons (Fsp3) is 0.500. The van der Waals surface area contributed by atoms with Crippen molar-refractivity contribution in [1.29, 1.82) is 0 Å². The lowest BCUT2D eigenvalue weighted by molar-refractivity contribution is -0.133. The molecule has 2 heteroatoms. The fourth-order valence-electron chi connectivity index (χ4n) is 2.83. The second kappa shape index (κ2) is 3.62. The molecule has 0 radical (unpaired) electrons. The number of fused-ring (bicyclic) bond motifs is 1. The third-order valence-electron chi connectivity index (χ3n) is 3.89. The topological polar surface area (TPSA) is 26.3 Å². The Hall–Kier alpha value is -1.31. The molecule has 1 fully saturated rings. The first-order valence-electron chi connectivity index (χ1n) is 6.11. The van der Waals surface area contributed by atoms with Crippen LogP contribution in [0.2, 0.25) is 0 Å². The zero-order valence-corrected chi connectivity index (χ0v) is 9.53. The molecule has 0 saturated heterocycles. The molecule has 1 aliphatic heterocycles. The standard InChI is InChI=1S/C14H16O2/c1-9-12-7-6-11(10-4-2-3-5-10)8-13(12)16-14(9)15/h6-10H,2-5H2,1H3. The second-order valence-corrected chi connectivity index (χ2v) is 4.92. The Morgan fingerprint density at radius 1 is 1.25 bits per heavy atom. The highest BCUT2D eigenvalue weighted by atomic mass is 16.5. The van der Waals surface area contributed by atoms with Gasteiger partial charge >= 0.3 is 5.97 Å². The summed E-state index contributed by atoms with van der Waals surface area (Å²) in [5, 5.41) is 0. The molecule has 0 spiro atoms. The molecule has 3 rings (SSSR count). The number of hydrogen-bond donors (Lipinski definition) is 0. The van der Waals surface area contributed by atoms with Crippen LogP contribution in [0.1, 0.15) is 55.6 Å². The van der Waals surface area contributed by atoms with Crippen LogP contribution in [0.5, 0.6) is 5.75 Å². The summed E-state index contributed by atoms with van der Waals surface area (Å²) < 4.78 is 5.28. The zero-order valence-electron chi connectivity index (χ0n) is 9.53. The molecule has 16 heavy (non-hydrogen) atoms. The van der Waals surface area contributed by atoms with Gasteiger partial charge in [-0.3, -0.25) is 4.79 Å². The summed E-state index contributed by atoms with van der Waals surface area (Å²) in [6.45, 7) is 1.91. The highest BCUT2D eigenvalue weighted by molar-refractivity contribution is 5.85. The van der Waals surface area contributed by atoms with Crippen LogP contribution in [0.4, 0.5) is 0 Å². The van der Waals surface area contributed by atoms with Gasteiger partial charge in [0.1, 0.15) is 5.75 Å². The minimum Gasteiger partial charge on any atom is -0.426 e. The molecule has 1 saturated carbocycles. The van der Waals surface area contributed by atoms with Gasteiger partial charge in [0, 0.05) is 5.56 Å². The first-order valence-corrected chi connectivity index (χ1v) is 6.11. The molecule has 1 heterocycles. The maximum atomic E-state index is 11.4. The minimum atomic E-state index is -0.112. The molecular weight excluding hydrogens is 200 g/mol. The van der Waals surface area contributed by atoms with Crippen molar-refractivity contribution in [2.24, 2.45) is 0 Å². The van der Waals surface area contributed by atoms with Crippen LogP contribution in [0, 0.1) is 0 Å². The number of rotatable bonds is 1. The van der Waals surface area contributed by atoms with Gasteiger partial charge < -0.3 is 4.74 Å². The number of esters is 1. The Morgan fingerprint density at radius 2 is 2.00 bits per heavy atom. The van der Waals surface area contributed by atoms with E-state index in [-0.39, 0.29) is 11.9 Å². The Balaban J connectivity index is 1.94. The van der Waals surface area contributed by atoms with Crippen LogP contribution in [0.3, 0.4) is 0 Å². The average Bonchev–Trinajstić information content (AvgIpc) is 2.88. The zero-order chi connectivity index (χ0) is 11.1. The summed E-state index contributed by atoms with van der Waals surface area (Å²) in [7, 11) is 0. The molecule has 0 aromatic heterocycles. The van der Waals surface area contributed by atoms with Gasteiger partial charge in [0.2, 0.25) is 0 Å². The van der Waals surface area contributed by atoms with Crippen molar-refractivity contribution in [2.45, 2.75) is 44.4 Å². The molecule has 0 N–H and O–H groups in total. The van der Waals surface area contributed by atoms with Gasteiger partial charge in [0.25, 0.3) is 0 Å². The van der Waals surface area contributed by atoms with Crippen molar-refractivity contribution in [2.75, 3.05) is 0 Å². The average molecular weight is 216 g/mol.